The first kappa shape index (κ1) is 19.0. The van der Waals surface area contributed by atoms with Crippen LogP contribution in [0.3, 0.4) is 0 Å². The summed E-state index contributed by atoms with van der Waals surface area (Å²) in [6, 6.07) is 7.31. The first-order chi connectivity index (χ1) is 12.3. The normalized spacial score (nSPS) is 10.3. The minimum Gasteiger partial charge on any atom is -0.477 e. The molecule has 0 aliphatic heterocycles. The Morgan fingerprint density at radius 2 is 2.00 bits per heavy atom. The highest BCUT2D eigenvalue weighted by atomic mass is 16.6. The number of carbonyl (C=O) groups is 2. The Bertz CT molecular complexity index is 828. The predicted octanol–water partition coefficient (Wildman–Crippen LogP) is 2.32. The molecule has 1 aromatic carbocycles. The van der Waals surface area contributed by atoms with E-state index < -0.39 is 16.8 Å². The average Bonchev–Trinajstić information content (AvgIpc) is 2.99. The van der Waals surface area contributed by atoms with Crippen molar-refractivity contribution in [3.05, 3.63) is 57.5 Å². The lowest BCUT2D eigenvalue weighted by molar-refractivity contribution is -0.385. The molecule has 0 N–H and O–H groups in total. The second-order valence-corrected chi connectivity index (χ2v) is 5.44. The fraction of sp³-hybridized carbons (Fsp3) is 0.294. The van der Waals surface area contributed by atoms with Crippen molar-refractivity contribution >= 4 is 17.6 Å². The maximum atomic E-state index is 12.2. The van der Waals surface area contributed by atoms with Gasteiger partial charge in [0.1, 0.15) is 17.1 Å². The third-order valence-electron chi connectivity index (χ3n) is 3.61. The van der Waals surface area contributed by atoms with Crippen LogP contribution in [0.25, 0.3) is 0 Å². The molecule has 0 radical (unpaired) electrons. The zero-order valence-electron chi connectivity index (χ0n) is 14.6. The van der Waals surface area contributed by atoms with Crippen LogP contribution in [0.5, 0.6) is 5.75 Å². The number of esters is 1. The van der Waals surface area contributed by atoms with Gasteiger partial charge < -0.3 is 18.8 Å². The summed E-state index contributed by atoms with van der Waals surface area (Å²) >= 11 is 0. The molecule has 0 unspecified atom stereocenters. The molecule has 138 valence electrons. The topological polar surface area (TPSA) is 112 Å². The summed E-state index contributed by atoms with van der Waals surface area (Å²) in [5.74, 6) is -0.114. The molecule has 0 saturated carbocycles. The second kappa shape index (κ2) is 8.15. The Balaban J connectivity index is 1.98. The number of para-hydroxylation sites is 2. The molecule has 1 amide bonds. The summed E-state index contributed by atoms with van der Waals surface area (Å²) in [6.45, 7) is 1.36. The number of nitro benzene ring substituents is 1. The first-order valence-electron chi connectivity index (χ1n) is 7.61. The van der Waals surface area contributed by atoms with Crippen LogP contribution in [0.2, 0.25) is 0 Å². The Kier molecular flexibility index (Phi) is 5.94. The maximum Gasteiger partial charge on any atom is 0.341 e. The highest BCUT2D eigenvalue weighted by molar-refractivity contribution is 5.90. The van der Waals surface area contributed by atoms with Gasteiger partial charge in [-0.1, -0.05) is 12.1 Å². The van der Waals surface area contributed by atoms with Gasteiger partial charge in [0, 0.05) is 13.1 Å². The minimum atomic E-state index is -0.580. The van der Waals surface area contributed by atoms with E-state index in [4.69, 9.17) is 9.15 Å². The molecule has 1 heterocycles. The van der Waals surface area contributed by atoms with Gasteiger partial charge in [0.15, 0.2) is 12.4 Å². The van der Waals surface area contributed by atoms with E-state index in [-0.39, 0.29) is 24.6 Å². The minimum absolute atomic E-state index is 0.0149. The number of methoxy groups -OCH3 is 1. The van der Waals surface area contributed by atoms with Crippen LogP contribution >= 0.6 is 0 Å². The fourth-order valence-corrected chi connectivity index (χ4v) is 2.24. The first-order valence-corrected chi connectivity index (χ1v) is 7.61. The van der Waals surface area contributed by atoms with Crippen LogP contribution in [0.1, 0.15) is 21.9 Å². The van der Waals surface area contributed by atoms with Crippen molar-refractivity contribution < 1.29 is 28.4 Å². The van der Waals surface area contributed by atoms with Crippen molar-refractivity contribution in [1.82, 2.24) is 4.90 Å². The number of carbonyl (C=O) groups excluding carboxylic acids is 2. The third kappa shape index (κ3) is 4.38. The summed E-state index contributed by atoms with van der Waals surface area (Å²) in [4.78, 5) is 35.4. The molecule has 9 heteroatoms. The van der Waals surface area contributed by atoms with E-state index in [9.17, 15) is 19.7 Å². The van der Waals surface area contributed by atoms with Crippen LogP contribution < -0.4 is 4.74 Å². The van der Waals surface area contributed by atoms with Gasteiger partial charge in [-0.25, -0.2) is 4.79 Å². The van der Waals surface area contributed by atoms with E-state index in [0.717, 1.165) is 0 Å². The molecule has 0 fully saturated rings. The summed E-state index contributed by atoms with van der Waals surface area (Å²) in [5, 5.41) is 10.9. The second-order valence-electron chi connectivity index (χ2n) is 5.44. The lowest BCUT2D eigenvalue weighted by Gasteiger charge is -2.16. The number of furan rings is 1. The Morgan fingerprint density at radius 1 is 1.31 bits per heavy atom. The van der Waals surface area contributed by atoms with Crippen molar-refractivity contribution in [3.8, 4) is 5.75 Å². The molecule has 9 nitrogen and oxygen atoms in total. The number of amides is 1. The molecule has 0 bridgehead atoms. The van der Waals surface area contributed by atoms with E-state index in [0.29, 0.717) is 17.1 Å². The molecular formula is C17H18N2O7. The number of rotatable bonds is 7. The summed E-state index contributed by atoms with van der Waals surface area (Å²) < 4.78 is 15.4. The summed E-state index contributed by atoms with van der Waals surface area (Å²) in [6.07, 6.45) is 0. The van der Waals surface area contributed by atoms with E-state index in [2.05, 4.69) is 4.74 Å². The number of hydrogen-bond acceptors (Lipinski definition) is 7. The lowest BCUT2D eigenvalue weighted by Crippen LogP contribution is -2.30. The summed E-state index contributed by atoms with van der Waals surface area (Å²) in [7, 11) is 2.80. The van der Waals surface area contributed by atoms with E-state index in [1.807, 2.05) is 0 Å². The molecule has 1 aromatic heterocycles. The van der Waals surface area contributed by atoms with Crippen LogP contribution in [0.4, 0.5) is 5.69 Å². The van der Waals surface area contributed by atoms with Crippen molar-refractivity contribution in [2.75, 3.05) is 20.8 Å². The zero-order chi connectivity index (χ0) is 19.3. The number of ether oxygens (including phenoxy) is 2. The fourth-order valence-electron chi connectivity index (χ4n) is 2.24. The van der Waals surface area contributed by atoms with Crippen LogP contribution in [0.15, 0.2) is 34.7 Å². The van der Waals surface area contributed by atoms with E-state index in [1.165, 1.54) is 43.3 Å². The van der Waals surface area contributed by atoms with Gasteiger partial charge in [-0.05, 0) is 19.1 Å². The van der Waals surface area contributed by atoms with Gasteiger partial charge in [0.25, 0.3) is 5.91 Å². The molecule has 2 rings (SSSR count). The largest absolute Gasteiger partial charge is 0.477 e. The number of likely N-dealkylation sites (N-methyl/N-ethyl adjacent to an activating group) is 1. The van der Waals surface area contributed by atoms with Crippen LogP contribution in [-0.2, 0) is 16.1 Å². The van der Waals surface area contributed by atoms with E-state index >= 15 is 0 Å². The molecule has 0 atom stereocenters. The molecular weight excluding hydrogens is 344 g/mol. The molecule has 0 aliphatic carbocycles. The van der Waals surface area contributed by atoms with Gasteiger partial charge in [-0.3, -0.25) is 14.9 Å². The standard InChI is InChI=1S/C17H18N2O7/c1-11-13(17(21)24-3)8-12(26-11)9-18(2)16(20)10-25-15-7-5-4-6-14(15)19(22)23/h4-8H,9-10H2,1-3H3. The smallest absolute Gasteiger partial charge is 0.341 e. The van der Waals surface area contributed by atoms with Crippen LogP contribution in [-0.4, -0.2) is 42.5 Å². The number of hydrogen-bond donors (Lipinski definition) is 0. The molecule has 0 spiro atoms. The van der Waals surface area contributed by atoms with Crippen LogP contribution in [0, 0.1) is 17.0 Å². The van der Waals surface area contributed by atoms with Gasteiger partial charge in [0.05, 0.1) is 18.6 Å². The Hall–Kier alpha value is -3.36. The van der Waals surface area contributed by atoms with Gasteiger partial charge in [-0.15, -0.1) is 0 Å². The van der Waals surface area contributed by atoms with Crippen molar-refractivity contribution in [1.29, 1.82) is 0 Å². The predicted molar refractivity (Wildman–Crippen MR) is 89.8 cm³/mol. The molecule has 0 aliphatic rings. The highest BCUT2D eigenvalue weighted by Gasteiger charge is 2.19. The maximum absolute atomic E-state index is 12.2. The highest BCUT2D eigenvalue weighted by Crippen LogP contribution is 2.25. The van der Waals surface area contributed by atoms with Crippen molar-refractivity contribution in [2.45, 2.75) is 13.5 Å². The zero-order valence-corrected chi connectivity index (χ0v) is 14.6. The van der Waals surface area contributed by atoms with Gasteiger partial charge >= 0.3 is 11.7 Å². The number of nitrogens with zero attached hydrogens (tertiary/aromatic N) is 2. The molecule has 26 heavy (non-hydrogen) atoms. The number of aryl methyl sites for hydroxylation is 1. The van der Waals surface area contributed by atoms with Crippen molar-refractivity contribution in [2.24, 2.45) is 0 Å². The third-order valence-corrected chi connectivity index (χ3v) is 3.61. The van der Waals surface area contributed by atoms with E-state index in [1.54, 1.807) is 13.0 Å². The number of benzene rings is 1. The Labute approximate surface area is 149 Å². The number of nitro groups is 1. The van der Waals surface area contributed by atoms with Gasteiger partial charge in [0.2, 0.25) is 0 Å². The SMILES string of the molecule is COC(=O)c1cc(CN(C)C(=O)COc2ccccc2[N+](=O)[O-])oc1C. The average molecular weight is 362 g/mol. The van der Waals surface area contributed by atoms with Crippen molar-refractivity contribution in [3.63, 3.8) is 0 Å². The lowest BCUT2D eigenvalue weighted by atomic mass is 10.2. The van der Waals surface area contributed by atoms with Gasteiger partial charge in [-0.2, -0.15) is 0 Å². The molecule has 2 aromatic rings. The molecule has 0 saturated heterocycles. The quantitative estimate of drug-likeness (QED) is 0.422. The Morgan fingerprint density at radius 3 is 2.65 bits per heavy atom. The summed E-state index contributed by atoms with van der Waals surface area (Å²) in [5.41, 5.74) is 0.0758. The monoisotopic (exact) mass is 362 g/mol.